The lowest BCUT2D eigenvalue weighted by atomic mass is 10.1. The highest BCUT2D eigenvalue weighted by Crippen LogP contribution is 2.29. The van der Waals surface area contributed by atoms with Crippen LogP contribution < -0.4 is 14.8 Å². The minimum absolute atomic E-state index is 0.110. The summed E-state index contributed by atoms with van der Waals surface area (Å²) in [7, 11) is 0. The van der Waals surface area contributed by atoms with Gasteiger partial charge in [0.15, 0.2) is 11.5 Å². The number of nitrogens with zero attached hydrogens (tertiary/aromatic N) is 1. The van der Waals surface area contributed by atoms with Crippen molar-refractivity contribution in [1.29, 1.82) is 5.26 Å². The predicted molar refractivity (Wildman–Crippen MR) is 123 cm³/mol. The molecule has 3 rings (SSSR count). The van der Waals surface area contributed by atoms with Gasteiger partial charge in [-0.3, -0.25) is 4.79 Å². The zero-order valence-corrected chi connectivity index (χ0v) is 18.3. The average Bonchev–Trinajstić information content (AvgIpc) is 3.36. The fourth-order valence-electron chi connectivity index (χ4n) is 2.84. The Kier molecular flexibility index (Phi) is 8.36. The summed E-state index contributed by atoms with van der Waals surface area (Å²) in [5, 5.41) is 12.0. The maximum Gasteiger partial charge on any atom is 0.336 e. The highest BCUT2D eigenvalue weighted by atomic mass is 19.1. The summed E-state index contributed by atoms with van der Waals surface area (Å²) in [6.45, 7) is 2.22. The van der Waals surface area contributed by atoms with Crippen molar-refractivity contribution in [2.24, 2.45) is 0 Å². The second-order valence-electron chi connectivity index (χ2n) is 6.88. The summed E-state index contributed by atoms with van der Waals surface area (Å²) in [5.74, 6) is -0.572. The van der Waals surface area contributed by atoms with Crippen LogP contribution in [-0.2, 0) is 16.1 Å². The summed E-state index contributed by atoms with van der Waals surface area (Å²) < 4.78 is 29.1. The van der Waals surface area contributed by atoms with Crippen molar-refractivity contribution in [3.63, 3.8) is 0 Å². The maximum atomic E-state index is 13.0. The number of amides is 1. The first-order valence-corrected chi connectivity index (χ1v) is 10.3. The van der Waals surface area contributed by atoms with Crippen molar-refractivity contribution >= 4 is 24.0 Å². The fraction of sp³-hybridized carbons (Fsp3) is 0.115. The third-order valence-corrected chi connectivity index (χ3v) is 4.44. The summed E-state index contributed by atoms with van der Waals surface area (Å²) in [6, 6.07) is 15.6. The quantitative estimate of drug-likeness (QED) is 0.216. The standard InChI is InChI=1S/C26H21FN2O5/c1-2-32-24-15-19(14-20(16-28)26(31)29-17-22-4-3-13-33-22)7-11-23(24)34-25(30)12-8-18-5-9-21(27)10-6-18/h3-15H,2,17H2,1H3,(H,29,31)/b12-8+,20-14+. The Balaban J connectivity index is 1.71. The molecule has 0 saturated carbocycles. The largest absolute Gasteiger partial charge is 0.490 e. The smallest absolute Gasteiger partial charge is 0.336 e. The molecule has 0 spiro atoms. The van der Waals surface area contributed by atoms with Gasteiger partial charge >= 0.3 is 5.97 Å². The van der Waals surface area contributed by atoms with Crippen molar-refractivity contribution < 1.29 is 27.9 Å². The van der Waals surface area contributed by atoms with Gasteiger partial charge < -0.3 is 19.2 Å². The van der Waals surface area contributed by atoms with Crippen LogP contribution in [0.15, 0.2) is 76.9 Å². The predicted octanol–water partition coefficient (Wildman–Crippen LogP) is 4.66. The number of rotatable bonds is 9. The molecule has 7 nitrogen and oxygen atoms in total. The molecule has 0 unspecified atom stereocenters. The lowest BCUT2D eigenvalue weighted by molar-refractivity contribution is -0.129. The van der Waals surface area contributed by atoms with Crippen molar-refractivity contribution in [3.05, 3.63) is 95.2 Å². The van der Waals surface area contributed by atoms with Gasteiger partial charge in [0.05, 0.1) is 19.4 Å². The molecule has 0 bridgehead atoms. The number of benzene rings is 2. The summed E-state index contributed by atoms with van der Waals surface area (Å²) in [5.41, 5.74) is 1.04. The Morgan fingerprint density at radius 3 is 2.56 bits per heavy atom. The lowest BCUT2D eigenvalue weighted by Crippen LogP contribution is -2.23. The molecule has 3 aromatic rings. The Hall–Kier alpha value is -4.64. The first kappa shape index (κ1) is 24.0. The Bertz CT molecular complexity index is 1240. The molecule has 8 heteroatoms. The van der Waals surface area contributed by atoms with E-state index in [-0.39, 0.29) is 29.4 Å². The number of esters is 1. The van der Waals surface area contributed by atoms with Crippen LogP contribution >= 0.6 is 0 Å². The van der Waals surface area contributed by atoms with Gasteiger partial charge in [0.25, 0.3) is 5.91 Å². The number of furan rings is 1. The Morgan fingerprint density at radius 2 is 1.88 bits per heavy atom. The molecule has 172 valence electrons. The van der Waals surface area contributed by atoms with Crippen molar-refractivity contribution in [3.8, 4) is 17.6 Å². The number of hydrogen-bond donors (Lipinski definition) is 1. The van der Waals surface area contributed by atoms with Gasteiger partial charge in [0.2, 0.25) is 0 Å². The summed E-state index contributed by atoms with van der Waals surface area (Å²) in [6.07, 6.45) is 5.61. The number of nitrogens with one attached hydrogen (secondary N) is 1. The van der Waals surface area contributed by atoms with Crippen molar-refractivity contribution in [1.82, 2.24) is 5.32 Å². The summed E-state index contributed by atoms with van der Waals surface area (Å²) in [4.78, 5) is 24.6. The van der Waals surface area contributed by atoms with E-state index in [2.05, 4.69) is 5.32 Å². The van der Waals surface area contributed by atoms with Crippen molar-refractivity contribution in [2.75, 3.05) is 6.61 Å². The number of carbonyl (C=O) groups is 2. The highest BCUT2D eigenvalue weighted by molar-refractivity contribution is 6.01. The number of carbonyl (C=O) groups excluding carboxylic acids is 2. The molecule has 0 atom stereocenters. The molecule has 0 aliphatic carbocycles. The lowest BCUT2D eigenvalue weighted by Gasteiger charge is -2.11. The van der Waals surface area contributed by atoms with Crippen molar-refractivity contribution in [2.45, 2.75) is 13.5 Å². The van der Waals surface area contributed by atoms with Gasteiger partial charge in [0, 0.05) is 6.08 Å². The van der Waals surface area contributed by atoms with Gasteiger partial charge in [0.1, 0.15) is 23.2 Å². The van der Waals surface area contributed by atoms with Crippen LogP contribution in [0.5, 0.6) is 11.5 Å². The molecule has 0 saturated heterocycles. The second kappa shape index (κ2) is 11.8. The van der Waals surface area contributed by atoms with Crippen LogP contribution in [0.1, 0.15) is 23.8 Å². The minimum Gasteiger partial charge on any atom is -0.490 e. The molecule has 0 aliphatic heterocycles. The van der Waals surface area contributed by atoms with E-state index in [1.54, 1.807) is 31.2 Å². The highest BCUT2D eigenvalue weighted by Gasteiger charge is 2.13. The number of halogens is 1. The fourth-order valence-corrected chi connectivity index (χ4v) is 2.84. The maximum absolute atomic E-state index is 13.0. The van der Waals surface area contributed by atoms with Gasteiger partial charge in [-0.15, -0.1) is 0 Å². The van der Waals surface area contributed by atoms with Crippen LogP contribution in [0, 0.1) is 17.1 Å². The normalized spacial score (nSPS) is 11.1. The molecule has 1 heterocycles. The van der Waals surface area contributed by atoms with E-state index in [1.165, 1.54) is 54.8 Å². The number of hydrogen-bond acceptors (Lipinski definition) is 6. The van der Waals surface area contributed by atoms with Crippen LogP contribution in [0.2, 0.25) is 0 Å². The third kappa shape index (κ3) is 6.93. The molecule has 1 amide bonds. The van der Waals surface area contributed by atoms with Gasteiger partial charge in [-0.1, -0.05) is 18.2 Å². The van der Waals surface area contributed by atoms with E-state index in [4.69, 9.17) is 13.9 Å². The van der Waals surface area contributed by atoms with E-state index in [0.717, 1.165) is 0 Å². The molecule has 0 aliphatic rings. The number of nitriles is 1. The van der Waals surface area contributed by atoms with Gasteiger partial charge in [-0.05, 0) is 66.6 Å². The molecular formula is C26H21FN2O5. The van der Waals surface area contributed by atoms with E-state index in [0.29, 0.717) is 23.5 Å². The monoisotopic (exact) mass is 460 g/mol. The van der Waals surface area contributed by atoms with Crippen LogP contribution in [0.25, 0.3) is 12.2 Å². The van der Waals surface area contributed by atoms with Crippen LogP contribution in [0.4, 0.5) is 4.39 Å². The second-order valence-corrected chi connectivity index (χ2v) is 6.88. The Morgan fingerprint density at radius 1 is 1.12 bits per heavy atom. The molecule has 0 fully saturated rings. The molecular weight excluding hydrogens is 439 g/mol. The zero-order chi connectivity index (χ0) is 24.3. The average molecular weight is 460 g/mol. The molecule has 1 aromatic heterocycles. The van der Waals surface area contributed by atoms with Gasteiger partial charge in [-0.2, -0.15) is 5.26 Å². The van der Waals surface area contributed by atoms with Gasteiger partial charge in [-0.25, -0.2) is 9.18 Å². The molecule has 1 N–H and O–H groups in total. The van der Waals surface area contributed by atoms with Crippen LogP contribution in [-0.4, -0.2) is 18.5 Å². The molecule has 2 aromatic carbocycles. The summed E-state index contributed by atoms with van der Waals surface area (Å²) >= 11 is 0. The first-order valence-electron chi connectivity index (χ1n) is 10.3. The molecule has 34 heavy (non-hydrogen) atoms. The van der Waals surface area contributed by atoms with E-state index < -0.39 is 11.9 Å². The van der Waals surface area contributed by atoms with E-state index >= 15 is 0 Å². The minimum atomic E-state index is -0.649. The Labute approximate surface area is 195 Å². The topological polar surface area (TPSA) is 102 Å². The van der Waals surface area contributed by atoms with E-state index in [1.807, 2.05) is 6.07 Å². The first-order chi connectivity index (χ1) is 16.5. The van der Waals surface area contributed by atoms with Crippen LogP contribution in [0.3, 0.4) is 0 Å². The zero-order valence-electron chi connectivity index (χ0n) is 18.3. The third-order valence-electron chi connectivity index (χ3n) is 4.44. The molecule has 0 radical (unpaired) electrons. The van der Waals surface area contributed by atoms with E-state index in [9.17, 15) is 19.2 Å². The number of ether oxygens (including phenoxy) is 2. The SMILES string of the molecule is CCOc1cc(/C=C(\C#N)C(=O)NCc2ccco2)ccc1OC(=O)/C=C/c1ccc(F)cc1.